The van der Waals surface area contributed by atoms with Gasteiger partial charge in [-0.1, -0.05) is 0 Å². The second kappa shape index (κ2) is 4.47. The molecule has 2 aromatic rings. The fraction of sp³-hybridized carbons (Fsp3) is 0.250. The molecule has 0 aliphatic rings. The van der Waals surface area contributed by atoms with Crippen LogP contribution in [0.2, 0.25) is 0 Å². The molecule has 2 rings (SSSR count). The van der Waals surface area contributed by atoms with Gasteiger partial charge in [0.2, 0.25) is 0 Å². The lowest BCUT2D eigenvalue weighted by molar-refractivity contribution is -0.142. The highest BCUT2D eigenvalue weighted by molar-refractivity contribution is 5.83. The zero-order valence-corrected chi connectivity index (χ0v) is 9.60. The third-order valence-electron chi connectivity index (χ3n) is 2.50. The molecular formula is C12H13NO4. The number of fused-ring (bicyclic) bond motifs is 1. The van der Waals surface area contributed by atoms with Crippen molar-refractivity contribution in [2.45, 2.75) is 6.04 Å². The summed E-state index contributed by atoms with van der Waals surface area (Å²) in [4.78, 5) is 11.3. The number of esters is 1. The molecule has 1 aromatic carbocycles. The van der Waals surface area contributed by atoms with Crippen molar-refractivity contribution >= 4 is 16.9 Å². The average molecular weight is 235 g/mol. The summed E-state index contributed by atoms with van der Waals surface area (Å²) in [6.45, 7) is 0. The Balaban J connectivity index is 2.40. The van der Waals surface area contributed by atoms with Crippen LogP contribution in [0, 0.1) is 0 Å². The molecule has 0 spiro atoms. The summed E-state index contributed by atoms with van der Waals surface area (Å²) in [7, 11) is 2.87. The summed E-state index contributed by atoms with van der Waals surface area (Å²) < 4.78 is 15.1. The summed E-state index contributed by atoms with van der Waals surface area (Å²) >= 11 is 0. The van der Waals surface area contributed by atoms with Gasteiger partial charge in [-0.15, -0.1) is 0 Å². The number of nitrogens with two attached hydrogens (primary N) is 1. The van der Waals surface area contributed by atoms with Crippen molar-refractivity contribution in [2.24, 2.45) is 5.73 Å². The first-order valence-corrected chi connectivity index (χ1v) is 5.06. The van der Waals surface area contributed by atoms with E-state index in [4.69, 9.17) is 14.9 Å². The molecule has 0 amide bonds. The fourth-order valence-corrected chi connectivity index (χ4v) is 1.57. The van der Waals surface area contributed by atoms with E-state index in [0.717, 1.165) is 11.1 Å². The van der Waals surface area contributed by atoms with Crippen LogP contribution in [-0.4, -0.2) is 20.2 Å². The Bertz CT molecular complexity index is 546. The highest BCUT2D eigenvalue weighted by Crippen LogP contribution is 2.26. The van der Waals surface area contributed by atoms with E-state index in [2.05, 4.69) is 4.74 Å². The van der Waals surface area contributed by atoms with Crippen molar-refractivity contribution in [2.75, 3.05) is 14.2 Å². The van der Waals surface area contributed by atoms with Gasteiger partial charge in [-0.25, -0.2) is 4.79 Å². The molecule has 5 heteroatoms. The van der Waals surface area contributed by atoms with Gasteiger partial charge in [-0.05, 0) is 24.3 Å². The minimum Gasteiger partial charge on any atom is -0.497 e. The van der Waals surface area contributed by atoms with Crippen LogP contribution in [0.15, 0.2) is 28.7 Å². The SMILES string of the molecule is COC(=O)C(N)c1cc2cc(OC)ccc2o1. The smallest absolute Gasteiger partial charge is 0.330 e. The van der Waals surface area contributed by atoms with E-state index >= 15 is 0 Å². The van der Waals surface area contributed by atoms with Gasteiger partial charge in [0.25, 0.3) is 0 Å². The highest BCUT2D eigenvalue weighted by Gasteiger charge is 2.20. The third kappa shape index (κ3) is 2.09. The first kappa shape index (κ1) is 11.5. The van der Waals surface area contributed by atoms with Crippen LogP contribution in [0.1, 0.15) is 11.8 Å². The van der Waals surface area contributed by atoms with Crippen molar-refractivity contribution < 1.29 is 18.7 Å². The van der Waals surface area contributed by atoms with Crippen LogP contribution in [-0.2, 0) is 9.53 Å². The first-order valence-electron chi connectivity index (χ1n) is 5.06. The Morgan fingerprint density at radius 2 is 2.12 bits per heavy atom. The van der Waals surface area contributed by atoms with Gasteiger partial charge >= 0.3 is 5.97 Å². The van der Waals surface area contributed by atoms with Crippen LogP contribution in [0.4, 0.5) is 0 Å². The van der Waals surface area contributed by atoms with Crippen molar-refractivity contribution in [3.05, 3.63) is 30.0 Å². The Labute approximate surface area is 98.1 Å². The number of hydrogen-bond donors (Lipinski definition) is 1. The lowest BCUT2D eigenvalue weighted by Crippen LogP contribution is -2.21. The molecular weight excluding hydrogens is 222 g/mol. The van der Waals surface area contributed by atoms with Crippen molar-refractivity contribution in [1.82, 2.24) is 0 Å². The van der Waals surface area contributed by atoms with E-state index in [0.29, 0.717) is 11.3 Å². The van der Waals surface area contributed by atoms with Gasteiger partial charge in [-0.2, -0.15) is 0 Å². The first-order chi connectivity index (χ1) is 8.15. The number of ether oxygens (including phenoxy) is 2. The number of benzene rings is 1. The summed E-state index contributed by atoms with van der Waals surface area (Å²) in [5.41, 5.74) is 6.34. The average Bonchev–Trinajstić information content (AvgIpc) is 2.79. The molecule has 1 atom stereocenters. The molecule has 1 heterocycles. The van der Waals surface area contributed by atoms with E-state index in [9.17, 15) is 4.79 Å². The summed E-state index contributed by atoms with van der Waals surface area (Å²) in [5, 5.41) is 0.832. The molecule has 0 saturated carbocycles. The largest absolute Gasteiger partial charge is 0.497 e. The molecule has 0 saturated heterocycles. The number of furan rings is 1. The van der Waals surface area contributed by atoms with Crippen LogP contribution >= 0.6 is 0 Å². The number of rotatable bonds is 3. The second-order valence-corrected chi connectivity index (χ2v) is 3.55. The standard InChI is InChI=1S/C12H13NO4/c1-15-8-3-4-9-7(5-8)6-10(17-9)11(13)12(14)16-2/h3-6,11H,13H2,1-2H3. The number of hydrogen-bond acceptors (Lipinski definition) is 5. The number of carbonyl (C=O) groups excluding carboxylic acids is 1. The van der Waals surface area contributed by atoms with Gasteiger partial charge in [0, 0.05) is 5.39 Å². The molecule has 5 nitrogen and oxygen atoms in total. The number of methoxy groups -OCH3 is 2. The maximum Gasteiger partial charge on any atom is 0.330 e. The molecule has 0 bridgehead atoms. The zero-order chi connectivity index (χ0) is 12.4. The monoisotopic (exact) mass is 235 g/mol. The Kier molecular flexibility index (Phi) is 3.01. The fourth-order valence-electron chi connectivity index (χ4n) is 1.57. The Hall–Kier alpha value is -2.01. The Morgan fingerprint density at radius 3 is 2.76 bits per heavy atom. The van der Waals surface area contributed by atoms with Crippen molar-refractivity contribution in [3.8, 4) is 5.75 Å². The maximum atomic E-state index is 11.3. The van der Waals surface area contributed by atoms with Gasteiger partial charge in [0.1, 0.15) is 17.1 Å². The molecule has 0 radical (unpaired) electrons. The van der Waals surface area contributed by atoms with Gasteiger partial charge in [0.05, 0.1) is 14.2 Å². The van der Waals surface area contributed by atoms with E-state index in [-0.39, 0.29) is 0 Å². The number of carbonyl (C=O) groups is 1. The lowest BCUT2D eigenvalue weighted by Gasteiger charge is -2.04. The topological polar surface area (TPSA) is 74.7 Å². The summed E-state index contributed by atoms with van der Waals surface area (Å²) in [6.07, 6.45) is 0. The molecule has 2 N–H and O–H groups in total. The zero-order valence-electron chi connectivity index (χ0n) is 9.60. The quantitative estimate of drug-likeness (QED) is 0.818. The molecule has 0 aliphatic heterocycles. The van der Waals surface area contributed by atoms with Crippen LogP contribution in [0.5, 0.6) is 5.75 Å². The van der Waals surface area contributed by atoms with E-state index < -0.39 is 12.0 Å². The predicted molar refractivity (Wildman–Crippen MR) is 61.7 cm³/mol. The van der Waals surface area contributed by atoms with Crippen molar-refractivity contribution in [1.29, 1.82) is 0 Å². The minimum atomic E-state index is -0.904. The third-order valence-corrected chi connectivity index (χ3v) is 2.50. The van der Waals surface area contributed by atoms with Crippen LogP contribution in [0.3, 0.4) is 0 Å². The summed E-state index contributed by atoms with van der Waals surface area (Å²) in [6, 6.07) is 6.16. The molecule has 17 heavy (non-hydrogen) atoms. The lowest BCUT2D eigenvalue weighted by atomic mass is 10.2. The normalized spacial score (nSPS) is 12.4. The molecule has 0 aliphatic carbocycles. The summed E-state index contributed by atoms with van der Waals surface area (Å²) in [5.74, 6) is 0.563. The predicted octanol–water partition coefficient (Wildman–Crippen LogP) is 1.61. The molecule has 90 valence electrons. The maximum absolute atomic E-state index is 11.3. The van der Waals surface area contributed by atoms with Crippen LogP contribution in [0.25, 0.3) is 11.0 Å². The molecule has 0 fully saturated rings. The molecule has 1 unspecified atom stereocenters. The van der Waals surface area contributed by atoms with E-state index in [1.807, 2.05) is 6.07 Å². The minimum absolute atomic E-state index is 0.375. The highest BCUT2D eigenvalue weighted by atomic mass is 16.5. The van der Waals surface area contributed by atoms with Gasteiger partial charge < -0.3 is 19.6 Å². The van der Waals surface area contributed by atoms with E-state index in [1.165, 1.54) is 7.11 Å². The van der Waals surface area contributed by atoms with Crippen molar-refractivity contribution in [3.63, 3.8) is 0 Å². The van der Waals surface area contributed by atoms with E-state index in [1.54, 1.807) is 25.3 Å². The van der Waals surface area contributed by atoms with Crippen LogP contribution < -0.4 is 10.5 Å². The van der Waals surface area contributed by atoms with Gasteiger partial charge in [0.15, 0.2) is 6.04 Å². The Morgan fingerprint density at radius 1 is 1.35 bits per heavy atom. The molecule has 1 aromatic heterocycles. The second-order valence-electron chi connectivity index (χ2n) is 3.55. The van der Waals surface area contributed by atoms with Gasteiger partial charge in [-0.3, -0.25) is 0 Å².